The van der Waals surface area contributed by atoms with Gasteiger partial charge in [0.2, 0.25) is 0 Å². The van der Waals surface area contributed by atoms with Gasteiger partial charge in [-0.15, -0.1) is 5.10 Å². The standard InChI is InChI=1S/C17H22FN5O/c1-12-11-23(22-21-12)7-6-20-17(24)15-9-13(2-3-16(15)18)8-14-4-5-19-10-14/h2-3,9,11,14,19H,4-8,10H2,1H3,(H,20,24). The quantitative estimate of drug-likeness (QED) is 0.837. The third-order valence-corrected chi connectivity index (χ3v) is 4.24. The lowest BCUT2D eigenvalue weighted by Crippen LogP contribution is -2.28. The number of carbonyl (C=O) groups is 1. The molecule has 6 nitrogen and oxygen atoms in total. The summed E-state index contributed by atoms with van der Waals surface area (Å²) in [5.74, 6) is -0.324. The predicted octanol–water partition coefficient (Wildman–Crippen LogP) is 1.31. The highest BCUT2D eigenvalue weighted by Gasteiger charge is 2.17. The van der Waals surface area contributed by atoms with E-state index in [1.54, 1.807) is 23.0 Å². The molecule has 0 saturated carbocycles. The molecule has 0 bridgehead atoms. The Hall–Kier alpha value is -2.28. The monoisotopic (exact) mass is 331 g/mol. The number of nitrogens with one attached hydrogen (secondary N) is 2. The Balaban J connectivity index is 1.58. The van der Waals surface area contributed by atoms with Gasteiger partial charge < -0.3 is 10.6 Å². The van der Waals surface area contributed by atoms with E-state index in [0.29, 0.717) is 19.0 Å². The number of halogens is 1. The summed E-state index contributed by atoms with van der Waals surface area (Å²) in [4.78, 5) is 12.2. The highest BCUT2D eigenvalue weighted by molar-refractivity contribution is 5.94. The zero-order valence-corrected chi connectivity index (χ0v) is 13.8. The molecule has 128 valence electrons. The number of aryl methyl sites for hydroxylation is 1. The fourth-order valence-corrected chi connectivity index (χ4v) is 2.98. The van der Waals surface area contributed by atoms with E-state index in [4.69, 9.17) is 0 Å². The Morgan fingerprint density at radius 2 is 2.38 bits per heavy atom. The van der Waals surface area contributed by atoms with Crippen LogP contribution in [0.4, 0.5) is 4.39 Å². The zero-order valence-electron chi connectivity index (χ0n) is 13.8. The highest BCUT2D eigenvalue weighted by atomic mass is 19.1. The number of rotatable bonds is 6. The van der Waals surface area contributed by atoms with Crippen LogP contribution >= 0.6 is 0 Å². The van der Waals surface area contributed by atoms with Crippen LogP contribution in [0.1, 0.15) is 28.0 Å². The lowest BCUT2D eigenvalue weighted by atomic mass is 9.97. The number of benzene rings is 1. The Bertz CT molecular complexity index is 709. The average Bonchev–Trinajstić information content (AvgIpc) is 3.21. The molecule has 1 amide bonds. The van der Waals surface area contributed by atoms with Crippen molar-refractivity contribution in [2.24, 2.45) is 5.92 Å². The number of carbonyl (C=O) groups excluding carboxylic acids is 1. The van der Waals surface area contributed by atoms with Gasteiger partial charge >= 0.3 is 0 Å². The molecule has 1 aliphatic rings. The molecular formula is C17H22FN5O. The minimum Gasteiger partial charge on any atom is -0.350 e. The third kappa shape index (κ3) is 4.17. The second-order valence-electron chi connectivity index (χ2n) is 6.26. The van der Waals surface area contributed by atoms with E-state index in [2.05, 4.69) is 20.9 Å². The van der Waals surface area contributed by atoms with Gasteiger partial charge in [0.25, 0.3) is 5.91 Å². The number of hydrogen-bond acceptors (Lipinski definition) is 4. The molecule has 1 aliphatic heterocycles. The van der Waals surface area contributed by atoms with Gasteiger partial charge in [-0.2, -0.15) is 0 Å². The Labute approximate surface area is 140 Å². The summed E-state index contributed by atoms with van der Waals surface area (Å²) in [6, 6.07) is 4.82. The average molecular weight is 331 g/mol. The molecule has 24 heavy (non-hydrogen) atoms. The molecule has 1 fully saturated rings. The number of amides is 1. The fraction of sp³-hybridized carbons (Fsp3) is 0.471. The van der Waals surface area contributed by atoms with Crippen LogP contribution in [0.15, 0.2) is 24.4 Å². The summed E-state index contributed by atoms with van der Waals surface area (Å²) in [5, 5.41) is 13.9. The second kappa shape index (κ2) is 7.53. The highest BCUT2D eigenvalue weighted by Crippen LogP contribution is 2.18. The van der Waals surface area contributed by atoms with E-state index in [9.17, 15) is 9.18 Å². The lowest BCUT2D eigenvalue weighted by Gasteiger charge is -2.11. The molecule has 2 aromatic rings. The van der Waals surface area contributed by atoms with Crippen molar-refractivity contribution >= 4 is 5.91 Å². The van der Waals surface area contributed by atoms with Crippen molar-refractivity contribution in [1.82, 2.24) is 25.6 Å². The van der Waals surface area contributed by atoms with Crippen molar-refractivity contribution in [3.05, 3.63) is 47.0 Å². The normalized spacial score (nSPS) is 17.2. The summed E-state index contributed by atoms with van der Waals surface area (Å²) in [6.07, 6.45) is 3.78. The molecule has 1 atom stereocenters. The summed E-state index contributed by atoms with van der Waals surface area (Å²) in [7, 11) is 0. The molecule has 2 N–H and O–H groups in total. The van der Waals surface area contributed by atoms with Crippen molar-refractivity contribution in [3.63, 3.8) is 0 Å². The first-order valence-corrected chi connectivity index (χ1v) is 8.26. The van der Waals surface area contributed by atoms with Crippen molar-refractivity contribution in [2.75, 3.05) is 19.6 Å². The van der Waals surface area contributed by atoms with Crippen LogP contribution in [0.25, 0.3) is 0 Å². The Morgan fingerprint density at radius 3 is 3.08 bits per heavy atom. The second-order valence-corrected chi connectivity index (χ2v) is 6.26. The molecule has 0 aliphatic carbocycles. The number of nitrogens with zero attached hydrogens (tertiary/aromatic N) is 3. The summed E-state index contributed by atoms with van der Waals surface area (Å²) in [6.45, 7) is 4.74. The SMILES string of the molecule is Cc1cn(CCNC(=O)c2cc(CC3CCNC3)ccc2F)nn1. The van der Waals surface area contributed by atoms with Crippen LogP contribution < -0.4 is 10.6 Å². The van der Waals surface area contributed by atoms with Gasteiger partial charge in [-0.25, -0.2) is 4.39 Å². The van der Waals surface area contributed by atoms with Crippen LogP contribution in [0, 0.1) is 18.7 Å². The molecule has 1 aromatic carbocycles. The van der Waals surface area contributed by atoms with Crippen LogP contribution in [-0.2, 0) is 13.0 Å². The van der Waals surface area contributed by atoms with E-state index < -0.39 is 11.7 Å². The molecule has 1 aromatic heterocycles. The number of aromatic nitrogens is 3. The summed E-state index contributed by atoms with van der Waals surface area (Å²) in [5.41, 5.74) is 1.93. The van der Waals surface area contributed by atoms with Gasteiger partial charge in [0, 0.05) is 12.7 Å². The summed E-state index contributed by atoms with van der Waals surface area (Å²) >= 11 is 0. The van der Waals surface area contributed by atoms with Crippen LogP contribution in [0.2, 0.25) is 0 Å². The van der Waals surface area contributed by atoms with Gasteiger partial charge in [-0.05, 0) is 56.5 Å². The van der Waals surface area contributed by atoms with E-state index >= 15 is 0 Å². The fourth-order valence-electron chi connectivity index (χ4n) is 2.98. The zero-order chi connectivity index (χ0) is 16.9. The minimum absolute atomic E-state index is 0.105. The maximum absolute atomic E-state index is 14.0. The van der Waals surface area contributed by atoms with Crippen LogP contribution in [0.3, 0.4) is 0 Å². The maximum atomic E-state index is 14.0. The maximum Gasteiger partial charge on any atom is 0.254 e. The van der Waals surface area contributed by atoms with Gasteiger partial charge in [0.1, 0.15) is 5.82 Å². The van der Waals surface area contributed by atoms with E-state index in [1.165, 1.54) is 6.07 Å². The van der Waals surface area contributed by atoms with E-state index in [-0.39, 0.29) is 5.56 Å². The van der Waals surface area contributed by atoms with Crippen LogP contribution in [-0.4, -0.2) is 40.5 Å². The first-order chi connectivity index (χ1) is 11.6. The molecule has 2 heterocycles. The van der Waals surface area contributed by atoms with Crippen molar-refractivity contribution in [2.45, 2.75) is 26.3 Å². The topological polar surface area (TPSA) is 71.8 Å². The summed E-state index contributed by atoms with van der Waals surface area (Å²) < 4.78 is 15.6. The van der Waals surface area contributed by atoms with Gasteiger partial charge in [0.15, 0.2) is 0 Å². The molecule has 1 saturated heterocycles. The first-order valence-electron chi connectivity index (χ1n) is 8.26. The smallest absolute Gasteiger partial charge is 0.254 e. The van der Waals surface area contributed by atoms with Crippen molar-refractivity contribution < 1.29 is 9.18 Å². The minimum atomic E-state index is -0.489. The Kier molecular flexibility index (Phi) is 5.20. The van der Waals surface area contributed by atoms with Crippen LogP contribution in [0.5, 0.6) is 0 Å². The van der Waals surface area contributed by atoms with Gasteiger partial charge in [0.05, 0.1) is 17.8 Å². The van der Waals surface area contributed by atoms with Crippen molar-refractivity contribution in [1.29, 1.82) is 0 Å². The Morgan fingerprint density at radius 1 is 1.50 bits per heavy atom. The first kappa shape index (κ1) is 16.6. The molecule has 1 unspecified atom stereocenters. The lowest BCUT2D eigenvalue weighted by molar-refractivity contribution is 0.0947. The predicted molar refractivity (Wildman–Crippen MR) is 88.2 cm³/mol. The molecular weight excluding hydrogens is 309 g/mol. The third-order valence-electron chi connectivity index (χ3n) is 4.24. The van der Waals surface area contributed by atoms with E-state index in [1.807, 2.05) is 6.92 Å². The van der Waals surface area contributed by atoms with E-state index in [0.717, 1.165) is 37.2 Å². The molecule has 0 radical (unpaired) electrons. The molecule has 0 spiro atoms. The largest absolute Gasteiger partial charge is 0.350 e. The van der Waals surface area contributed by atoms with Crippen molar-refractivity contribution in [3.8, 4) is 0 Å². The molecule has 3 rings (SSSR count). The van der Waals surface area contributed by atoms with Gasteiger partial charge in [-0.1, -0.05) is 11.3 Å². The number of hydrogen-bond donors (Lipinski definition) is 2. The van der Waals surface area contributed by atoms with Gasteiger partial charge in [-0.3, -0.25) is 9.48 Å². The molecule has 7 heteroatoms.